The van der Waals surface area contributed by atoms with Gasteiger partial charge in [-0.3, -0.25) is 0 Å². The molecule has 3 nitrogen and oxygen atoms in total. The van der Waals surface area contributed by atoms with E-state index in [2.05, 4.69) is 29.2 Å². The van der Waals surface area contributed by atoms with Crippen LogP contribution < -0.4 is 0 Å². The lowest BCUT2D eigenvalue weighted by Crippen LogP contribution is -2.12. The van der Waals surface area contributed by atoms with Crippen molar-refractivity contribution in [2.45, 2.75) is 12.8 Å². The molecule has 23 heavy (non-hydrogen) atoms. The molecule has 1 heterocycles. The van der Waals surface area contributed by atoms with E-state index in [1.807, 2.05) is 36.6 Å². The predicted octanol–water partition coefficient (Wildman–Crippen LogP) is 4.42. The fraction of sp³-hybridized carbons (Fsp3) is 0.158. The Balaban J connectivity index is 1.61. The Morgan fingerprint density at radius 2 is 1.70 bits per heavy atom. The van der Waals surface area contributed by atoms with E-state index in [0.717, 1.165) is 5.69 Å². The Labute approximate surface area is 138 Å². The van der Waals surface area contributed by atoms with Gasteiger partial charge in [-0.05, 0) is 29.2 Å². The Morgan fingerprint density at radius 3 is 2.26 bits per heavy atom. The topological polar surface area (TPSA) is 39.2 Å². The van der Waals surface area contributed by atoms with Crippen molar-refractivity contribution in [3.63, 3.8) is 0 Å². The molecule has 0 unspecified atom stereocenters. The van der Waals surface area contributed by atoms with E-state index in [1.165, 1.54) is 33.6 Å². The monoisotopic (exact) mass is 321 g/mol. The summed E-state index contributed by atoms with van der Waals surface area (Å²) in [5.41, 5.74) is 5.75. The highest BCUT2D eigenvalue weighted by molar-refractivity contribution is 7.11. The van der Waals surface area contributed by atoms with Gasteiger partial charge in [-0.2, -0.15) is 0 Å². The summed E-state index contributed by atoms with van der Waals surface area (Å²) in [7, 11) is 0. The minimum Gasteiger partial charge on any atom is -0.459 e. The first-order valence-electron chi connectivity index (χ1n) is 7.51. The van der Waals surface area contributed by atoms with Crippen molar-refractivity contribution in [1.82, 2.24) is 4.98 Å². The van der Waals surface area contributed by atoms with Gasteiger partial charge in [0, 0.05) is 17.0 Å². The summed E-state index contributed by atoms with van der Waals surface area (Å²) in [4.78, 5) is 16.4. The molecule has 0 fully saturated rings. The van der Waals surface area contributed by atoms with Gasteiger partial charge in [0.05, 0.1) is 0 Å². The zero-order chi connectivity index (χ0) is 15.8. The van der Waals surface area contributed by atoms with Crippen LogP contribution in [0, 0.1) is 6.92 Å². The number of benzene rings is 2. The van der Waals surface area contributed by atoms with Crippen molar-refractivity contribution in [3.05, 3.63) is 75.7 Å². The quantitative estimate of drug-likeness (QED) is 0.670. The van der Waals surface area contributed by atoms with Crippen molar-refractivity contribution in [2.24, 2.45) is 0 Å². The van der Waals surface area contributed by atoms with Crippen LogP contribution in [0.15, 0.2) is 53.9 Å². The van der Waals surface area contributed by atoms with Gasteiger partial charge in [0.2, 0.25) is 5.01 Å². The van der Waals surface area contributed by atoms with Crippen LogP contribution in [0.25, 0.3) is 11.1 Å². The molecule has 0 amide bonds. The number of hydrogen-bond acceptors (Lipinski definition) is 4. The summed E-state index contributed by atoms with van der Waals surface area (Å²) in [5, 5.41) is 2.28. The third-order valence-corrected chi connectivity index (χ3v) is 5.08. The molecule has 0 aliphatic heterocycles. The summed E-state index contributed by atoms with van der Waals surface area (Å²) in [6.45, 7) is 2.21. The maximum absolute atomic E-state index is 12.2. The lowest BCUT2D eigenvalue weighted by atomic mass is 9.98. The molecule has 0 saturated heterocycles. The van der Waals surface area contributed by atoms with Crippen molar-refractivity contribution in [2.75, 3.05) is 6.61 Å². The average Bonchev–Trinajstić information content (AvgIpc) is 3.15. The van der Waals surface area contributed by atoms with Crippen molar-refractivity contribution < 1.29 is 9.53 Å². The molecule has 1 aliphatic rings. The first-order valence-corrected chi connectivity index (χ1v) is 8.39. The van der Waals surface area contributed by atoms with Gasteiger partial charge in [-0.1, -0.05) is 48.5 Å². The first kappa shape index (κ1) is 14.2. The number of aryl methyl sites for hydroxylation is 1. The highest BCUT2D eigenvalue weighted by Crippen LogP contribution is 2.44. The molecule has 0 bridgehead atoms. The maximum Gasteiger partial charge on any atom is 0.367 e. The summed E-state index contributed by atoms with van der Waals surface area (Å²) in [6.07, 6.45) is 0. The SMILES string of the molecule is Cc1csc(C(=O)OCC2c3ccccc3-c3ccccc32)n1. The molecule has 1 aliphatic carbocycles. The molecule has 4 rings (SSSR count). The second-order valence-electron chi connectivity index (χ2n) is 5.62. The normalized spacial score (nSPS) is 12.7. The van der Waals surface area contributed by atoms with Crippen LogP contribution >= 0.6 is 11.3 Å². The van der Waals surface area contributed by atoms with E-state index in [-0.39, 0.29) is 11.9 Å². The molecule has 1 aromatic heterocycles. The van der Waals surface area contributed by atoms with Gasteiger partial charge < -0.3 is 4.74 Å². The van der Waals surface area contributed by atoms with Crippen LogP contribution in [0.1, 0.15) is 32.5 Å². The van der Waals surface area contributed by atoms with E-state index in [0.29, 0.717) is 11.6 Å². The fourth-order valence-electron chi connectivity index (χ4n) is 3.11. The number of hydrogen-bond donors (Lipinski definition) is 0. The number of rotatable bonds is 3. The molecule has 0 saturated carbocycles. The van der Waals surface area contributed by atoms with E-state index in [1.54, 1.807) is 0 Å². The molecular formula is C19H15NO2S. The van der Waals surface area contributed by atoms with Crippen molar-refractivity contribution in [1.29, 1.82) is 0 Å². The summed E-state index contributed by atoms with van der Waals surface area (Å²) in [5.74, 6) is -0.252. The average molecular weight is 321 g/mol. The molecule has 0 spiro atoms. The minimum atomic E-state index is -0.343. The van der Waals surface area contributed by atoms with Crippen molar-refractivity contribution in [3.8, 4) is 11.1 Å². The van der Waals surface area contributed by atoms with Gasteiger partial charge in [0.15, 0.2) is 0 Å². The molecule has 0 atom stereocenters. The minimum absolute atomic E-state index is 0.0902. The number of esters is 1. The van der Waals surface area contributed by atoms with Gasteiger partial charge in [-0.15, -0.1) is 11.3 Å². The van der Waals surface area contributed by atoms with Gasteiger partial charge in [-0.25, -0.2) is 9.78 Å². The zero-order valence-corrected chi connectivity index (χ0v) is 13.5. The second kappa shape index (κ2) is 5.63. The molecule has 114 valence electrons. The largest absolute Gasteiger partial charge is 0.459 e. The summed E-state index contributed by atoms with van der Waals surface area (Å²) < 4.78 is 5.55. The molecule has 0 radical (unpaired) electrons. The number of nitrogens with zero attached hydrogens (tertiary/aromatic N) is 1. The molecule has 2 aromatic carbocycles. The smallest absolute Gasteiger partial charge is 0.367 e. The maximum atomic E-state index is 12.2. The highest BCUT2D eigenvalue weighted by Gasteiger charge is 2.29. The standard InChI is InChI=1S/C19H15NO2S/c1-12-11-23-18(20-12)19(21)22-10-17-15-8-4-2-6-13(15)14-7-3-5-9-16(14)17/h2-9,11,17H,10H2,1H3. The fourth-order valence-corrected chi connectivity index (χ4v) is 3.79. The van der Waals surface area contributed by atoms with Crippen molar-refractivity contribution >= 4 is 17.3 Å². The van der Waals surface area contributed by atoms with Gasteiger partial charge in [0.25, 0.3) is 0 Å². The second-order valence-corrected chi connectivity index (χ2v) is 6.48. The Hall–Kier alpha value is -2.46. The van der Waals surface area contributed by atoms with E-state index in [4.69, 9.17) is 4.74 Å². The Morgan fingerprint density at radius 1 is 1.09 bits per heavy atom. The number of fused-ring (bicyclic) bond motifs is 3. The number of aromatic nitrogens is 1. The number of carbonyl (C=O) groups is 1. The van der Waals surface area contributed by atoms with E-state index in [9.17, 15) is 4.79 Å². The lowest BCUT2D eigenvalue weighted by molar-refractivity contribution is 0.0493. The third kappa shape index (κ3) is 2.45. The molecular weight excluding hydrogens is 306 g/mol. The summed E-state index contributed by atoms with van der Waals surface area (Å²) >= 11 is 1.33. The lowest BCUT2D eigenvalue weighted by Gasteiger charge is -2.13. The Kier molecular flexibility index (Phi) is 3.46. The van der Waals surface area contributed by atoms with Crippen LogP contribution in [-0.4, -0.2) is 17.6 Å². The Bertz CT molecular complexity index is 839. The third-order valence-electron chi connectivity index (χ3n) is 4.14. The molecule has 0 N–H and O–H groups in total. The predicted molar refractivity (Wildman–Crippen MR) is 90.9 cm³/mol. The van der Waals surface area contributed by atoms with Crippen LogP contribution in [0.3, 0.4) is 0 Å². The number of thiazole rings is 1. The highest BCUT2D eigenvalue weighted by atomic mass is 32.1. The van der Waals surface area contributed by atoms with E-state index < -0.39 is 0 Å². The van der Waals surface area contributed by atoms with Gasteiger partial charge in [0.1, 0.15) is 6.61 Å². The van der Waals surface area contributed by atoms with E-state index >= 15 is 0 Å². The van der Waals surface area contributed by atoms with Gasteiger partial charge >= 0.3 is 5.97 Å². The van der Waals surface area contributed by atoms with Crippen LogP contribution in [-0.2, 0) is 4.74 Å². The first-order chi connectivity index (χ1) is 11.2. The zero-order valence-electron chi connectivity index (χ0n) is 12.7. The number of carbonyl (C=O) groups excluding carboxylic acids is 1. The molecule has 4 heteroatoms. The van der Waals surface area contributed by atoms with Crippen LogP contribution in [0.5, 0.6) is 0 Å². The number of ether oxygens (including phenoxy) is 1. The molecule has 3 aromatic rings. The summed E-state index contributed by atoms with van der Waals surface area (Å²) in [6, 6.07) is 16.6. The van der Waals surface area contributed by atoms with Crippen LogP contribution in [0.2, 0.25) is 0 Å². The van der Waals surface area contributed by atoms with Crippen LogP contribution in [0.4, 0.5) is 0 Å².